The lowest BCUT2D eigenvalue weighted by Crippen LogP contribution is -2.54. The number of likely N-dealkylation sites (N-methyl/N-ethyl adjacent to an activating group) is 1. The van der Waals surface area contributed by atoms with E-state index in [1.807, 2.05) is 0 Å². The van der Waals surface area contributed by atoms with Crippen LogP contribution in [0.1, 0.15) is 45.4 Å². The minimum atomic E-state index is -0.543. The minimum absolute atomic E-state index is 0.0281. The van der Waals surface area contributed by atoms with Crippen molar-refractivity contribution >= 4 is 23.5 Å². The molecule has 1 unspecified atom stereocenters. The van der Waals surface area contributed by atoms with E-state index in [2.05, 4.69) is 10.6 Å². The van der Waals surface area contributed by atoms with E-state index in [-0.39, 0.29) is 30.0 Å². The second-order valence-electron chi connectivity index (χ2n) is 5.60. The van der Waals surface area contributed by atoms with Gasteiger partial charge in [0.05, 0.1) is 6.54 Å². The van der Waals surface area contributed by atoms with Crippen molar-refractivity contribution < 1.29 is 19.2 Å². The Morgan fingerprint density at radius 1 is 1.18 bits per heavy atom. The molecule has 1 heterocycles. The van der Waals surface area contributed by atoms with E-state index < -0.39 is 6.04 Å². The summed E-state index contributed by atoms with van der Waals surface area (Å²) in [6.07, 6.45) is 3.47. The average molecular weight is 311 g/mol. The Hall–Kier alpha value is -1.92. The summed E-state index contributed by atoms with van der Waals surface area (Å²) in [5, 5.41) is 5.22. The highest BCUT2D eigenvalue weighted by Gasteiger charge is 2.30. The van der Waals surface area contributed by atoms with Gasteiger partial charge in [-0.1, -0.05) is 0 Å². The minimum Gasteiger partial charge on any atom is -0.358 e. The molecule has 1 aliphatic heterocycles. The van der Waals surface area contributed by atoms with Gasteiger partial charge >= 0.3 is 0 Å². The number of amides is 3. The number of ketones is 1. The van der Waals surface area contributed by atoms with Crippen molar-refractivity contribution in [1.82, 2.24) is 15.5 Å². The summed E-state index contributed by atoms with van der Waals surface area (Å²) in [4.78, 5) is 47.7. The number of carbonyl (C=O) groups excluding carboxylic acids is 4. The molecule has 1 rings (SSSR count). The molecule has 7 heteroatoms. The van der Waals surface area contributed by atoms with Crippen LogP contribution in [0.4, 0.5) is 0 Å². The Kier molecular flexibility index (Phi) is 7.56. The van der Waals surface area contributed by atoms with Gasteiger partial charge in [-0.15, -0.1) is 0 Å². The molecule has 7 nitrogen and oxygen atoms in total. The lowest BCUT2D eigenvalue weighted by atomic mass is 10.0. The molecule has 3 amide bonds. The molecule has 0 spiro atoms. The number of unbranched alkanes of at least 4 members (excludes halogenated alkanes) is 1. The Morgan fingerprint density at radius 2 is 1.86 bits per heavy atom. The molecule has 2 N–H and O–H groups in total. The van der Waals surface area contributed by atoms with Crippen LogP contribution in [-0.2, 0) is 19.2 Å². The third-order valence-electron chi connectivity index (χ3n) is 3.66. The van der Waals surface area contributed by atoms with E-state index in [0.29, 0.717) is 38.6 Å². The van der Waals surface area contributed by atoms with Gasteiger partial charge < -0.3 is 20.3 Å². The maximum absolute atomic E-state index is 12.2. The van der Waals surface area contributed by atoms with Crippen molar-refractivity contribution in [2.45, 2.75) is 51.5 Å². The van der Waals surface area contributed by atoms with Gasteiger partial charge in [-0.2, -0.15) is 0 Å². The van der Waals surface area contributed by atoms with Crippen molar-refractivity contribution in [3.63, 3.8) is 0 Å². The number of nitrogens with one attached hydrogen (secondary N) is 2. The van der Waals surface area contributed by atoms with Crippen LogP contribution in [0, 0.1) is 0 Å². The molecule has 124 valence electrons. The smallest absolute Gasteiger partial charge is 0.245 e. The Balaban J connectivity index is 2.37. The number of carbonyl (C=O) groups is 4. The number of hydrogen-bond acceptors (Lipinski definition) is 4. The van der Waals surface area contributed by atoms with E-state index in [1.165, 1.54) is 18.9 Å². The molecular weight excluding hydrogens is 286 g/mol. The molecule has 0 saturated carbocycles. The lowest BCUT2D eigenvalue weighted by Gasteiger charge is -2.32. The first-order valence-electron chi connectivity index (χ1n) is 7.72. The van der Waals surface area contributed by atoms with Crippen molar-refractivity contribution in [2.24, 2.45) is 0 Å². The highest BCUT2D eigenvalue weighted by Crippen LogP contribution is 2.12. The second-order valence-corrected chi connectivity index (χ2v) is 5.60. The summed E-state index contributed by atoms with van der Waals surface area (Å²) >= 11 is 0. The van der Waals surface area contributed by atoms with Gasteiger partial charge in [0.25, 0.3) is 0 Å². The van der Waals surface area contributed by atoms with Crippen LogP contribution in [-0.4, -0.2) is 54.6 Å². The zero-order valence-electron chi connectivity index (χ0n) is 13.3. The number of hydrogen-bond donors (Lipinski definition) is 2. The van der Waals surface area contributed by atoms with Gasteiger partial charge in [0.15, 0.2) is 0 Å². The molecule has 0 aliphatic carbocycles. The van der Waals surface area contributed by atoms with Crippen LogP contribution in [0.15, 0.2) is 0 Å². The van der Waals surface area contributed by atoms with Crippen LogP contribution in [0.5, 0.6) is 0 Å². The molecule has 1 saturated heterocycles. The lowest BCUT2D eigenvalue weighted by molar-refractivity contribution is -0.141. The predicted octanol–water partition coefficient (Wildman–Crippen LogP) is -0.0110. The number of nitrogens with zero attached hydrogens (tertiary/aromatic N) is 1. The molecule has 0 radical (unpaired) electrons. The van der Waals surface area contributed by atoms with E-state index >= 15 is 0 Å². The zero-order chi connectivity index (χ0) is 16.5. The summed E-state index contributed by atoms with van der Waals surface area (Å²) in [7, 11) is 1.52. The van der Waals surface area contributed by atoms with Crippen LogP contribution in [0.3, 0.4) is 0 Å². The molecule has 1 aliphatic rings. The van der Waals surface area contributed by atoms with E-state index in [0.717, 1.165) is 6.42 Å². The molecular formula is C15H25N3O4. The summed E-state index contributed by atoms with van der Waals surface area (Å²) in [5.74, 6) is -0.479. The molecule has 0 aromatic carbocycles. The quantitative estimate of drug-likeness (QED) is 0.616. The fraction of sp³-hybridized carbons (Fsp3) is 0.733. The van der Waals surface area contributed by atoms with E-state index in [4.69, 9.17) is 0 Å². The number of rotatable bonds is 8. The Bertz CT molecular complexity index is 437. The van der Waals surface area contributed by atoms with Crippen LogP contribution in [0.25, 0.3) is 0 Å². The standard InChI is InChI=1S/C15H25N3O4/c1-11(19)6-3-4-8-13(20)17-12-7-5-9-18(15(12)22)10-14(21)16-2/h12H,3-10H2,1-2H3,(H,16,21)(H,17,20). The maximum Gasteiger partial charge on any atom is 0.245 e. The largest absolute Gasteiger partial charge is 0.358 e. The van der Waals surface area contributed by atoms with Gasteiger partial charge in [-0.3, -0.25) is 14.4 Å². The topological polar surface area (TPSA) is 95.6 Å². The first-order valence-corrected chi connectivity index (χ1v) is 7.72. The summed E-state index contributed by atoms with van der Waals surface area (Å²) in [6.45, 7) is 2.10. The monoisotopic (exact) mass is 311 g/mol. The summed E-state index contributed by atoms with van der Waals surface area (Å²) < 4.78 is 0. The molecule has 0 aromatic heterocycles. The zero-order valence-corrected chi connectivity index (χ0v) is 13.3. The highest BCUT2D eigenvalue weighted by molar-refractivity contribution is 5.91. The number of piperidine rings is 1. The van der Waals surface area contributed by atoms with Crippen molar-refractivity contribution in [2.75, 3.05) is 20.1 Å². The highest BCUT2D eigenvalue weighted by atomic mass is 16.2. The van der Waals surface area contributed by atoms with Crippen molar-refractivity contribution in [3.05, 3.63) is 0 Å². The fourth-order valence-corrected chi connectivity index (χ4v) is 2.41. The summed E-state index contributed by atoms with van der Waals surface area (Å²) in [5.41, 5.74) is 0. The molecule has 0 bridgehead atoms. The normalized spacial score (nSPS) is 18.0. The Labute approximate surface area is 130 Å². The third kappa shape index (κ3) is 6.24. The molecule has 22 heavy (non-hydrogen) atoms. The van der Waals surface area contributed by atoms with Gasteiger partial charge in [0, 0.05) is 26.4 Å². The SMILES string of the molecule is CNC(=O)CN1CCCC(NC(=O)CCCCC(C)=O)C1=O. The maximum atomic E-state index is 12.2. The van der Waals surface area contributed by atoms with Crippen molar-refractivity contribution in [3.8, 4) is 0 Å². The average Bonchev–Trinajstić information content (AvgIpc) is 2.47. The second kappa shape index (κ2) is 9.17. The molecule has 0 aromatic rings. The molecule has 1 fully saturated rings. The van der Waals surface area contributed by atoms with Gasteiger partial charge in [0.2, 0.25) is 17.7 Å². The number of Topliss-reactive ketones (excluding diaryl/α,β-unsaturated/α-hetero) is 1. The fourth-order valence-electron chi connectivity index (χ4n) is 2.41. The summed E-state index contributed by atoms with van der Waals surface area (Å²) in [6, 6.07) is -0.543. The molecule has 1 atom stereocenters. The van der Waals surface area contributed by atoms with Crippen LogP contribution >= 0.6 is 0 Å². The first kappa shape index (κ1) is 18.1. The van der Waals surface area contributed by atoms with Gasteiger partial charge in [0.1, 0.15) is 11.8 Å². The number of likely N-dealkylation sites (tertiary alicyclic amines) is 1. The van der Waals surface area contributed by atoms with E-state index in [9.17, 15) is 19.2 Å². The third-order valence-corrected chi connectivity index (χ3v) is 3.66. The van der Waals surface area contributed by atoms with Gasteiger partial charge in [-0.05, 0) is 32.6 Å². The predicted molar refractivity (Wildman–Crippen MR) is 81.0 cm³/mol. The van der Waals surface area contributed by atoms with E-state index in [1.54, 1.807) is 0 Å². The van der Waals surface area contributed by atoms with Crippen LogP contribution in [0.2, 0.25) is 0 Å². The Morgan fingerprint density at radius 3 is 2.50 bits per heavy atom. The van der Waals surface area contributed by atoms with Crippen LogP contribution < -0.4 is 10.6 Å². The first-order chi connectivity index (χ1) is 10.4. The van der Waals surface area contributed by atoms with Crippen molar-refractivity contribution in [1.29, 1.82) is 0 Å². The van der Waals surface area contributed by atoms with Gasteiger partial charge in [-0.25, -0.2) is 0 Å².